The summed E-state index contributed by atoms with van der Waals surface area (Å²) in [5.41, 5.74) is 5.25. The molecule has 0 aliphatic heterocycles. The predicted molar refractivity (Wildman–Crippen MR) is 124 cm³/mol. The largest absolute Gasteiger partial charge is 0.302 e. The fraction of sp³-hybridized carbons (Fsp3) is 0.250. The lowest BCUT2D eigenvalue weighted by molar-refractivity contribution is -0.115. The van der Waals surface area contributed by atoms with Crippen molar-refractivity contribution < 1.29 is 4.79 Å². The van der Waals surface area contributed by atoms with Crippen LogP contribution in [0, 0.1) is 6.92 Å². The summed E-state index contributed by atoms with van der Waals surface area (Å²) in [5.74, 6) is -0.203. The van der Waals surface area contributed by atoms with Crippen LogP contribution in [0.1, 0.15) is 28.1 Å². The Hall–Kier alpha value is -3.32. The number of anilines is 1. The SMILES string of the molecule is Cc1sc(NC(=O)Cc2nn(C)c(=O)c3ccccc23)nc1-c1ccc2c(c1)CCC2. The minimum absolute atomic E-state index is 0.0709. The van der Waals surface area contributed by atoms with E-state index < -0.39 is 0 Å². The van der Waals surface area contributed by atoms with Crippen molar-refractivity contribution in [1.29, 1.82) is 0 Å². The van der Waals surface area contributed by atoms with E-state index in [1.165, 1.54) is 33.6 Å². The van der Waals surface area contributed by atoms with Crippen molar-refractivity contribution in [3.63, 3.8) is 0 Å². The second-order valence-corrected chi connectivity index (χ2v) is 9.11. The second-order valence-electron chi connectivity index (χ2n) is 7.91. The third-order valence-corrected chi connectivity index (χ3v) is 6.66. The van der Waals surface area contributed by atoms with Gasteiger partial charge in [0, 0.05) is 22.9 Å². The lowest BCUT2D eigenvalue weighted by Gasteiger charge is -2.07. The van der Waals surface area contributed by atoms with Gasteiger partial charge >= 0.3 is 0 Å². The fourth-order valence-corrected chi connectivity index (χ4v) is 5.11. The number of hydrogen-bond donors (Lipinski definition) is 1. The first-order valence-corrected chi connectivity index (χ1v) is 11.2. The molecule has 0 atom stereocenters. The summed E-state index contributed by atoms with van der Waals surface area (Å²) in [4.78, 5) is 30.8. The maximum Gasteiger partial charge on any atom is 0.274 e. The van der Waals surface area contributed by atoms with Crippen molar-refractivity contribution in [2.24, 2.45) is 7.05 Å². The molecule has 0 saturated carbocycles. The fourth-order valence-electron chi connectivity index (χ4n) is 4.26. The number of nitrogens with one attached hydrogen (secondary N) is 1. The predicted octanol–water partition coefficient (Wildman–Crippen LogP) is 4.04. The number of aryl methyl sites for hydroxylation is 4. The van der Waals surface area contributed by atoms with E-state index in [4.69, 9.17) is 4.98 Å². The van der Waals surface area contributed by atoms with Crippen LogP contribution in [0.3, 0.4) is 0 Å². The van der Waals surface area contributed by atoms with Crippen LogP contribution in [0.4, 0.5) is 5.13 Å². The van der Waals surface area contributed by atoms with Crippen molar-refractivity contribution in [3.05, 3.63) is 74.5 Å². The van der Waals surface area contributed by atoms with E-state index in [0.29, 0.717) is 21.6 Å². The third-order valence-electron chi connectivity index (χ3n) is 5.78. The molecule has 2 heterocycles. The van der Waals surface area contributed by atoms with E-state index in [1.807, 2.05) is 25.1 Å². The summed E-state index contributed by atoms with van der Waals surface area (Å²) in [5, 5.41) is 9.07. The molecular formula is C24H22N4O2S. The van der Waals surface area contributed by atoms with E-state index in [0.717, 1.165) is 29.0 Å². The highest BCUT2D eigenvalue weighted by Gasteiger charge is 2.17. The van der Waals surface area contributed by atoms with Gasteiger partial charge in [0.2, 0.25) is 5.91 Å². The Balaban J connectivity index is 1.39. The minimum atomic E-state index is -0.203. The molecule has 1 amide bonds. The van der Waals surface area contributed by atoms with E-state index in [-0.39, 0.29) is 17.9 Å². The van der Waals surface area contributed by atoms with E-state index in [1.54, 1.807) is 13.1 Å². The van der Waals surface area contributed by atoms with Gasteiger partial charge in [0.15, 0.2) is 5.13 Å². The lowest BCUT2D eigenvalue weighted by atomic mass is 10.0. The summed E-state index contributed by atoms with van der Waals surface area (Å²) < 4.78 is 1.28. The number of amides is 1. The van der Waals surface area contributed by atoms with Gasteiger partial charge in [0.1, 0.15) is 0 Å². The molecular weight excluding hydrogens is 408 g/mol. The zero-order valence-corrected chi connectivity index (χ0v) is 18.3. The Labute approximate surface area is 183 Å². The molecule has 0 spiro atoms. The average Bonchev–Trinajstić information content (AvgIpc) is 3.37. The lowest BCUT2D eigenvalue weighted by Crippen LogP contribution is -2.24. The van der Waals surface area contributed by atoms with Crippen LogP contribution in [-0.4, -0.2) is 20.7 Å². The van der Waals surface area contributed by atoms with Gasteiger partial charge in [-0.3, -0.25) is 9.59 Å². The molecule has 5 rings (SSSR count). The number of carbonyl (C=O) groups excluding carboxylic acids is 1. The molecule has 2 aromatic heterocycles. The highest BCUT2D eigenvalue weighted by Crippen LogP contribution is 2.33. The highest BCUT2D eigenvalue weighted by molar-refractivity contribution is 7.16. The number of carbonyl (C=O) groups is 1. The minimum Gasteiger partial charge on any atom is -0.302 e. The summed E-state index contributed by atoms with van der Waals surface area (Å²) in [7, 11) is 1.60. The van der Waals surface area contributed by atoms with Gasteiger partial charge in [-0.15, -0.1) is 11.3 Å². The summed E-state index contributed by atoms with van der Waals surface area (Å²) >= 11 is 1.47. The van der Waals surface area contributed by atoms with Gasteiger partial charge in [-0.2, -0.15) is 5.10 Å². The smallest absolute Gasteiger partial charge is 0.274 e. The van der Waals surface area contributed by atoms with E-state index >= 15 is 0 Å². The molecule has 1 N–H and O–H groups in total. The number of aromatic nitrogens is 3. The number of rotatable bonds is 4. The van der Waals surface area contributed by atoms with Crippen molar-refractivity contribution in [3.8, 4) is 11.3 Å². The van der Waals surface area contributed by atoms with Crippen LogP contribution in [0.2, 0.25) is 0 Å². The maximum atomic E-state index is 12.8. The topological polar surface area (TPSA) is 76.9 Å². The van der Waals surface area contributed by atoms with Gasteiger partial charge in [-0.05, 0) is 49.4 Å². The zero-order chi connectivity index (χ0) is 21.5. The number of fused-ring (bicyclic) bond motifs is 2. The molecule has 0 unspecified atom stereocenters. The Kier molecular flexibility index (Phi) is 4.90. The van der Waals surface area contributed by atoms with E-state index in [2.05, 4.69) is 28.6 Å². The van der Waals surface area contributed by atoms with Crippen molar-refractivity contribution in [2.45, 2.75) is 32.6 Å². The molecule has 2 aromatic carbocycles. The highest BCUT2D eigenvalue weighted by atomic mass is 32.1. The van der Waals surface area contributed by atoms with E-state index in [9.17, 15) is 9.59 Å². The molecule has 4 aromatic rings. The monoisotopic (exact) mass is 430 g/mol. The molecule has 1 aliphatic rings. The van der Waals surface area contributed by atoms with Crippen LogP contribution in [0.5, 0.6) is 0 Å². The first-order chi connectivity index (χ1) is 15.0. The Morgan fingerprint density at radius 3 is 2.74 bits per heavy atom. The summed E-state index contributed by atoms with van der Waals surface area (Å²) in [6.07, 6.45) is 3.56. The molecule has 156 valence electrons. The number of benzene rings is 2. The number of thiazole rings is 1. The maximum absolute atomic E-state index is 12.8. The van der Waals surface area contributed by atoms with Crippen molar-refractivity contribution in [1.82, 2.24) is 14.8 Å². The van der Waals surface area contributed by atoms with Gasteiger partial charge in [0.25, 0.3) is 5.56 Å². The normalized spacial score (nSPS) is 12.8. The molecule has 7 heteroatoms. The Morgan fingerprint density at radius 1 is 1.13 bits per heavy atom. The molecule has 0 fully saturated rings. The van der Waals surface area contributed by atoms with Crippen LogP contribution < -0.4 is 10.9 Å². The van der Waals surface area contributed by atoms with Crippen LogP contribution >= 0.6 is 11.3 Å². The van der Waals surface area contributed by atoms with Crippen LogP contribution in [0.25, 0.3) is 22.0 Å². The van der Waals surface area contributed by atoms with Crippen molar-refractivity contribution >= 4 is 33.1 Å². The van der Waals surface area contributed by atoms with Crippen LogP contribution in [0.15, 0.2) is 47.3 Å². The Morgan fingerprint density at radius 2 is 1.90 bits per heavy atom. The van der Waals surface area contributed by atoms with Gasteiger partial charge in [-0.1, -0.05) is 30.3 Å². The molecule has 1 aliphatic carbocycles. The van der Waals surface area contributed by atoms with Crippen LogP contribution in [-0.2, 0) is 31.1 Å². The molecule has 0 bridgehead atoms. The first-order valence-electron chi connectivity index (χ1n) is 10.3. The zero-order valence-electron chi connectivity index (χ0n) is 17.4. The first kappa shape index (κ1) is 19.6. The summed E-state index contributed by atoms with van der Waals surface area (Å²) in [6.45, 7) is 2.03. The third kappa shape index (κ3) is 3.65. The summed E-state index contributed by atoms with van der Waals surface area (Å²) in [6, 6.07) is 13.8. The van der Waals surface area contributed by atoms with Gasteiger partial charge in [-0.25, -0.2) is 9.67 Å². The van der Waals surface area contributed by atoms with Gasteiger partial charge in [0.05, 0.1) is 23.2 Å². The quantitative estimate of drug-likeness (QED) is 0.530. The Bertz CT molecular complexity index is 1390. The van der Waals surface area contributed by atoms with Gasteiger partial charge < -0.3 is 5.32 Å². The molecule has 0 radical (unpaired) electrons. The molecule has 31 heavy (non-hydrogen) atoms. The molecule has 6 nitrogen and oxygen atoms in total. The molecule has 0 saturated heterocycles. The van der Waals surface area contributed by atoms with Crippen molar-refractivity contribution in [2.75, 3.05) is 5.32 Å². The number of hydrogen-bond acceptors (Lipinski definition) is 5. The number of nitrogens with zero attached hydrogens (tertiary/aromatic N) is 3. The standard InChI is InChI=1S/C24H22N4O2S/c1-14-22(17-11-10-15-6-5-7-16(15)12-17)26-24(31-14)25-21(29)13-20-18-8-3-4-9-19(18)23(30)28(2)27-20/h3-4,8-12H,5-7,13H2,1-2H3,(H,25,26,29). The second kappa shape index (κ2) is 7.74. The average molecular weight is 431 g/mol.